The minimum atomic E-state index is -0.0323. The highest BCUT2D eigenvalue weighted by Gasteiger charge is 1.87. The smallest absolute Gasteiger partial charge is 0.402 e. The molecule has 0 aromatic heterocycles. The van der Waals surface area contributed by atoms with E-state index in [4.69, 9.17) is 22.7 Å². The van der Waals surface area contributed by atoms with Crippen LogP contribution in [0.15, 0.2) is 10.2 Å². The molecule has 54 valence electrons. The van der Waals surface area contributed by atoms with Crippen LogP contribution < -0.4 is 23.5 Å². The first-order valence-corrected chi connectivity index (χ1v) is 2.62. The van der Waals surface area contributed by atoms with E-state index in [1.165, 1.54) is 0 Å². The van der Waals surface area contributed by atoms with Gasteiger partial charge in [-0.1, -0.05) is 0 Å². The van der Waals surface area contributed by atoms with E-state index in [1.54, 1.807) is 0 Å². The first-order valence-electron chi connectivity index (χ1n) is 2.08. The zero-order chi connectivity index (χ0) is 6.41. The number of hydrogen-bond acceptors (Lipinski definition) is 1. The molecule has 0 radical (unpaired) electrons. The Kier molecular flexibility index (Phi) is 9.73. The normalized spacial score (nSPS) is 9.00. The second kappa shape index (κ2) is 7.65. The zero-order valence-electron chi connectivity index (χ0n) is 4.72. The molecule has 0 spiro atoms. The fourth-order valence-corrected chi connectivity index (χ4v) is 0.245. The maximum absolute atomic E-state index is 5.24. The van der Waals surface area contributed by atoms with Crippen LogP contribution in [-0.2, 0) is 0 Å². The number of rotatable bonds is 2. The third-order valence-electron chi connectivity index (χ3n) is 0.371. The molecule has 0 amide bonds. The van der Waals surface area contributed by atoms with E-state index in [2.05, 4.69) is 10.2 Å². The quantitative estimate of drug-likeness (QED) is 0.188. The maximum Gasteiger partial charge on any atom is 0.402 e. The van der Waals surface area contributed by atoms with Crippen molar-refractivity contribution in [2.24, 2.45) is 16.0 Å². The van der Waals surface area contributed by atoms with Crippen LogP contribution in [-0.4, -0.2) is 18.4 Å². The number of nitrogens with two attached hydrogens (primary N) is 2. The molecule has 0 aliphatic heterocycles. The molecule has 0 rings (SSSR count). The van der Waals surface area contributed by atoms with Crippen molar-refractivity contribution in [1.29, 1.82) is 0 Å². The average molecular weight is 171 g/mol. The molecule has 0 bridgehead atoms. The fraction of sp³-hybridized carbons (Fsp3) is 0.667. The van der Waals surface area contributed by atoms with E-state index in [0.717, 1.165) is 0 Å². The van der Waals surface area contributed by atoms with Gasteiger partial charge in [-0.25, -0.2) is 0 Å². The molecule has 0 heterocycles. The summed E-state index contributed by atoms with van der Waals surface area (Å²) in [4.78, 5) is 0. The van der Waals surface area contributed by atoms with E-state index in [0.29, 0.717) is 12.4 Å². The summed E-state index contributed by atoms with van der Waals surface area (Å²) in [6.07, 6.45) is 0. The second-order valence-corrected chi connectivity index (χ2v) is 1.46. The Hall–Kier alpha value is -0.350. The van der Waals surface area contributed by atoms with Gasteiger partial charge in [0.1, 0.15) is 0 Å². The summed E-state index contributed by atoms with van der Waals surface area (Å²) in [6.45, 7) is 0.458. The van der Waals surface area contributed by atoms with E-state index < -0.39 is 0 Å². The van der Waals surface area contributed by atoms with E-state index in [-0.39, 0.29) is 18.4 Å². The van der Waals surface area contributed by atoms with Crippen molar-refractivity contribution in [3.05, 3.63) is 0 Å². The SMILES string of the molecule is NC(=[NH2+])N=NCCCl.[Cl-]. The van der Waals surface area contributed by atoms with Crippen LogP contribution in [0.3, 0.4) is 0 Å². The molecule has 0 saturated heterocycles. The highest BCUT2D eigenvalue weighted by atomic mass is 35.5. The molecule has 6 heteroatoms. The van der Waals surface area contributed by atoms with Gasteiger partial charge in [-0.2, -0.15) is 0 Å². The largest absolute Gasteiger partial charge is 1.00 e. The number of alkyl halides is 1. The van der Waals surface area contributed by atoms with Crippen molar-refractivity contribution in [2.75, 3.05) is 12.4 Å². The van der Waals surface area contributed by atoms with Crippen molar-refractivity contribution in [3.8, 4) is 0 Å². The molecule has 0 atom stereocenters. The van der Waals surface area contributed by atoms with Crippen LogP contribution in [0.25, 0.3) is 0 Å². The van der Waals surface area contributed by atoms with Gasteiger partial charge in [-0.3, -0.25) is 11.1 Å². The Balaban J connectivity index is 0. The maximum atomic E-state index is 5.24. The van der Waals surface area contributed by atoms with E-state index in [1.807, 2.05) is 0 Å². The summed E-state index contributed by atoms with van der Waals surface area (Å²) in [7, 11) is 0. The van der Waals surface area contributed by atoms with Crippen molar-refractivity contribution >= 4 is 17.6 Å². The van der Waals surface area contributed by atoms with Gasteiger partial charge in [0.05, 0.1) is 6.54 Å². The lowest BCUT2D eigenvalue weighted by atomic mass is 10.8. The Labute approximate surface area is 64.4 Å². The molecule has 0 aliphatic rings. The minimum Gasteiger partial charge on any atom is -1.00 e. The van der Waals surface area contributed by atoms with Gasteiger partial charge in [0.25, 0.3) is 0 Å². The molecule has 0 aromatic rings. The monoisotopic (exact) mass is 170 g/mol. The summed E-state index contributed by atoms with van der Waals surface area (Å²) >= 11 is 5.24. The first kappa shape index (κ1) is 11.4. The number of hydrogen-bond donors (Lipinski definition) is 2. The molecule has 0 aliphatic carbocycles. The lowest BCUT2D eigenvalue weighted by molar-refractivity contribution is -0.117. The van der Waals surface area contributed by atoms with E-state index in [9.17, 15) is 0 Å². The number of guanidine groups is 1. The highest BCUT2D eigenvalue weighted by molar-refractivity contribution is 6.18. The molecule has 4 N–H and O–H groups in total. The molecular weight excluding hydrogens is 163 g/mol. The van der Waals surface area contributed by atoms with Crippen LogP contribution >= 0.6 is 11.6 Å². The third kappa shape index (κ3) is 11.3. The Bertz CT molecular complexity index is 102. The van der Waals surface area contributed by atoms with Gasteiger partial charge in [-0.05, 0) is 0 Å². The van der Waals surface area contributed by atoms with Gasteiger partial charge < -0.3 is 12.4 Å². The van der Waals surface area contributed by atoms with Crippen LogP contribution in [0.5, 0.6) is 0 Å². The predicted octanol–water partition coefficient (Wildman–Crippen LogP) is -4.24. The Morgan fingerprint density at radius 2 is 2.22 bits per heavy atom. The summed E-state index contributed by atoms with van der Waals surface area (Å²) in [5.74, 6) is 0.409. The molecule has 0 fully saturated rings. The van der Waals surface area contributed by atoms with Gasteiger partial charge in [0, 0.05) is 11.0 Å². The molecule has 0 unspecified atom stereocenters. The molecular formula is C3H8Cl2N4. The van der Waals surface area contributed by atoms with Gasteiger partial charge in [-0.15, -0.1) is 16.7 Å². The fourth-order valence-electron chi connectivity index (χ4n) is 0.169. The van der Waals surface area contributed by atoms with Gasteiger partial charge in [0.2, 0.25) is 0 Å². The third-order valence-corrected chi connectivity index (χ3v) is 0.540. The lowest BCUT2D eigenvalue weighted by Gasteiger charge is -1.73. The van der Waals surface area contributed by atoms with Crippen molar-refractivity contribution in [3.63, 3.8) is 0 Å². The zero-order valence-corrected chi connectivity index (χ0v) is 6.23. The molecule has 0 saturated carbocycles. The Morgan fingerprint density at radius 1 is 1.67 bits per heavy atom. The van der Waals surface area contributed by atoms with Crippen LogP contribution in [0.1, 0.15) is 0 Å². The number of nitrogens with zero attached hydrogens (tertiary/aromatic N) is 2. The molecule has 0 aromatic carbocycles. The highest BCUT2D eigenvalue weighted by Crippen LogP contribution is 1.76. The van der Waals surface area contributed by atoms with Crippen LogP contribution in [0, 0.1) is 0 Å². The second-order valence-electron chi connectivity index (χ2n) is 1.08. The summed E-state index contributed by atoms with van der Waals surface area (Å²) in [5.41, 5.74) is 4.92. The summed E-state index contributed by atoms with van der Waals surface area (Å²) < 4.78 is 0. The van der Waals surface area contributed by atoms with Gasteiger partial charge in [0.15, 0.2) is 0 Å². The van der Waals surface area contributed by atoms with Gasteiger partial charge >= 0.3 is 5.96 Å². The van der Waals surface area contributed by atoms with E-state index >= 15 is 0 Å². The Morgan fingerprint density at radius 3 is 2.56 bits per heavy atom. The number of halogens is 2. The van der Waals surface area contributed by atoms with Crippen molar-refractivity contribution < 1.29 is 17.8 Å². The summed E-state index contributed by atoms with van der Waals surface area (Å²) in [6, 6.07) is 0. The predicted molar refractivity (Wildman–Crippen MR) is 31.6 cm³/mol. The standard InChI is InChI=1S/C3H7ClN4.ClH/c4-1-2-7-8-3(5)6;/h1-2H2,(H3,5,6);1H. The summed E-state index contributed by atoms with van der Waals surface area (Å²) in [5, 5.41) is 11.7. The minimum absolute atomic E-state index is 0. The average Bonchev–Trinajstić information content (AvgIpc) is 1.66. The topological polar surface area (TPSA) is 76.3 Å². The molecule has 4 nitrogen and oxygen atoms in total. The first-order chi connectivity index (χ1) is 3.77. The van der Waals surface area contributed by atoms with Crippen LogP contribution in [0.4, 0.5) is 0 Å². The lowest BCUT2D eigenvalue weighted by Crippen LogP contribution is -3.00. The van der Waals surface area contributed by atoms with Crippen molar-refractivity contribution in [2.45, 2.75) is 0 Å². The van der Waals surface area contributed by atoms with Crippen LogP contribution in [0.2, 0.25) is 0 Å². The van der Waals surface area contributed by atoms with Crippen molar-refractivity contribution in [1.82, 2.24) is 0 Å². The molecule has 9 heavy (non-hydrogen) atoms. The number of azo groups is 1.